The summed E-state index contributed by atoms with van der Waals surface area (Å²) in [6, 6.07) is 0. The smallest absolute Gasteiger partial charge is 0.312 e. The summed E-state index contributed by atoms with van der Waals surface area (Å²) in [5, 5.41) is 1.01. The molecule has 3 heteroatoms. The summed E-state index contributed by atoms with van der Waals surface area (Å²) < 4.78 is 5.16. The van der Waals surface area contributed by atoms with Crippen molar-refractivity contribution in [3.63, 3.8) is 0 Å². The Hall–Kier alpha value is -0.310. The number of rotatable bonds is 6. The predicted molar refractivity (Wildman–Crippen MR) is 60.4 cm³/mol. The first-order chi connectivity index (χ1) is 6.70. The van der Waals surface area contributed by atoms with Crippen LogP contribution < -0.4 is 0 Å². The second-order valence-electron chi connectivity index (χ2n) is 3.81. The molecular formula is C11H17BrO2. The fourth-order valence-electron chi connectivity index (χ4n) is 1.88. The Morgan fingerprint density at radius 3 is 2.86 bits per heavy atom. The molecule has 0 saturated carbocycles. The highest BCUT2D eigenvalue weighted by atomic mass is 79.9. The number of allylic oxidation sites excluding steroid dienone is 1. The number of ether oxygens (including phenoxy) is 1. The van der Waals surface area contributed by atoms with Crippen molar-refractivity contribution >= 4 is 21.9 Å². The SMILES string of the molecule is C=CC[C@@H](CCCBr)[C@@H]1OC(=O)[C@@H]1C. The molecule has 1 aliphatic rings. The number of hydrogen-bond donors (Lipinski definition) is 0. The molecule has 1 rings (SSSR count). The molecule has 0 amide bonds. The maximum absolute atomic E-state index is 11.0. The van der Waals surface area contributed by atoms with Crippen LogP contribution in [0.5, 0.6) is 0 Å². The molecule has 0 spiro atoms. The normalized spacial score (nSPS) is 27.7. The van der Waals surface area contributed by atoms with Gasteiger partial charge in [-0.05, 0) is 26.2 Å². The van der Waals surface area contributed by atoms with Gasteiger partial charge in [-0.2, -0.15) is 0 Å². The van der Waals surface area contributed by atoms with Crippen LogP contribution >= 0.6 is 15.9 Å². The third-order valence-electron chi connectivity index (χ3n) is 2.76. The lowest BCUT2D eigenvalue weighted by Gasteiger charge is -2.38. The van der Waals surface area contributed by atoms with Gasteiger partial charge in [0.05, 0.1) is 5.92 Å². The Morgan fingerprint density at radius 1 is 1.71 bits per heavy atom. The van der Waals surface area contributed by atoms with Gasteiger partial charge in [0.1, 0.15) is 6.10 Å². The highest BCUT2D eigenvalue weighted by Crippen LogP contribution is 2.33. The number of hydrogen-bond acceptors (Lipinski definition) is 2. The van der Waals surface area contributed by atoms with E-state index < -0.39 is 0 Å². The zero-order valence-electron chi connectivity index (χ0n) is 8.54. The summed E-state index contributed by atoms with van der Waals surface area (Å²) in [6.45, 7) is 5.69. The average molecular weight is 261 g/mol. The van der Waals surface area contributed by atoms with Crippen molar-refractivity contribution in [3.8, 4) is 0 Å². The van der Waals surface area contributed by atoms with Gasteiger partial charge in [-0.15, -0.1) is 6.58 Å². The van der Waals surface area contributed by atoms with Gasteiger partial charge in [-0.25, -0.2) is 0 Å². The molecule has 1 heterocycles. The lowest BCUT2D eigenvalue weighted by molar-refractivity contribution is -0.189. The van der Waals surface area contributed by atoms with Crippen molar-refractivity contribution in [2.75, 3.05) is 5.33 Å². The van der Waals surface area contributed by atoms with E-state index in [1.54, 1.807) is 0 Å². The number of carbonyl (C=O) groups excluding carboxylic acids is 1. The molecule has 0 unspecified atom stereocenters. The van der Waals surface area contributed by atoms with Crippen LogP contribution in [-0.2, 0) is 9.53 Å². The number of alkyl halides is 1. The van der Waals surface area contributed by atoms with Gasteiger partial charge in [0.2, 0.25) is 0 Å². The van der Waals surface area contributed by atoms with Crippen molar-refractivity contribution in [2.45, 2.75) is 32.3 Å². The lowest BCUT2D eigenvalue weighted by Crippen LogP contribution is -2.47. The standard InChI is InChI=1S/C11H17BrO2/c1-3-5-9(6-4-7-12)10-8(2)11(13)14-10/h3,8-10H,1,4-7H2,2H3/t8-,9+,10-/m1/s1. The Balaban J connectivity index is 2.42. The first kappa shape index (κ1) is 11.8. The fourth-order valence-corrected chi connectivity index (χ4v) is 2.20. The van der Waals surface area contributed by atoms with Crippen LogP contribution in [0.4, 0.5) is 0 Å². The van der Waals surface area contributed by atoms with Crippen molar-refractivity contribution in [3.05, 3.63) is 12.7 Å². The van der Waals surface area contributed by atoms with E-state index in [9.17, 15) is 4.79 Å². The van der Waals surface area contributed by atoms with E-state index in [1.165, 1.54) is 0 Å². The number of esters is 1. The first-order valence-electron chi connectivity index (χ1n) is 5.08. The van der Waals surface area contributed by atoms with Gasteiger partial charge in [0.15, 0.2) is 0 Å². The van der Waals surface area contributed by atoms with Crippen LogP contribution in [-0.4, -0.2) is 17.4 Å². The molecule has 3 atom stereocenters. The number of halogens is 1. The van der Waals surface area contributed by atoms with Crippen molar-refractivity contribution in [2.24, 2.45) is 11.8 Å². The second kappa shape index (κ2) is 5.54. The highest BCUT2D eigenvalue weighted by Gasteiger charge is 2.42. The summed E-state index contributed by atoms with van der Waals surface area (Å²) in [7, 11) is 0. The predicted octanol–water partition coefficient (Wildman–Crippen LogP) is 2.92. The van der Waals surface area contributed by atoms with Gasteiger partial charge in [0.25, 0.3) is 0 Å². The molecule has 0 bridgehead atoms. The zero-order valence-corrected chi connectivity index (χ0v) is 10.1. The van der Waals surface area contributed by atoms with E-state index in [4.69, 9.17) is 4.74 Å². The first-order valence-corrected chi connectivity index (χ1v) is 6.20. The van der Waals surface area contributed by atoms with E-state index in [2.05, 4.69) is 22.5 Å². The average Bonchev–Trinajstić information content (AvgIpc) is 2.20. The minimum atomic E-state index is -0.0529. The van der Waals surface area contributed by atoms with Gasteiger partial charge in [0, 0.05) is 11.2 Å². The van der Waals surface area contributed by atoms with E-state index in [0.29, 0.717) is 5.92 Å². The van der Waals surface area contributed by atoms with Crippen LogP contribution in [0.1, 0.15) is 26.2 Å². The topological polar surface area (TPSA) is 26.3 Å². The minimum Gasteiger partial charge on any atom is -0.461 e. The molecular weight excluding hydrogens is 244 g/mol. The Bertz CT molecular complexity index is 215. The Kier molecular flexibility index (Phi) is 4.66. The lowest BCUT2D eigenvalue weighted by atomic mass is 9.83. The van der Waals surface area contributed by atoms with Gasteiger partial charge >= 0.3 is 5.97 Å². The van der Waals surface area contributed by atoms with E-state index in [1.807, 2.05) is 13.0 Å². The van der Waals surface area contributed by atoms with Crippen molar-refractivity contribution < 1.29 is 9.53 Å². The van der Waals surface area contributed by atoms with Crippen LogP contribution in [0.2, 0.25) is 0 Å². The maximum Gasteiger partial charge on any atom is 0.312 e. The molecule has 2 nitrogen and oxygen atoms in total. The molecule has 80 valence electrons. The van der Waals surface area contributed by atoms with Crippen molar-refractivity contribution in [1.82, 2.24) is 0 Å². The monoisotopic (exact) mass is 260 g/mol. The molecule has 0 aromatic heterocycles. The largest absolute Gasteiger partial charge is 0.461 e. The van der Waals surface area contributed by atoms with Gasteiger partial charge < -0.3 is 4.74 Å². The zero-order chi connectivity index (χ0) is 10.6. The fraction of sp³-hybridized carbons (Fsp3) is 0.727. The quantitative estimate of drug-likeness (QED) is 0.417. The van der Waals surface area contributed by atoms with E-state index >= 15 is 0 Å². The second-order valence-corrected chi connectivity index (χ2v) is 4.60. The molecule has 1 saturated heterocycles. The minimum absolute atomic E-state index is 0.0529. The summed E-state index contributed by atoms with van der Waals surface area (Å²) in [5.74, 6) is 0.482. The molecule has 1 aliphatic heterocycles. The van der Waals surface area contributed by atoms with Crippen LogP contribution in [0.25, 0.3) is 0 Å². The van der Waals surface area contributed by atoms with Crippen LogP contribution in [0.3, 0.4) is 0 Å². The number of cyclic esters (lactones) is 1. The summed E-state index contributed by atoms with van der Waals surface area (Å²) in [4.78, 5) is 11.0. The third kappa shape index (κ3) is 2.59. The van der Waals surface area contributed by atoms with E-state index in [0.717, 1.165) is 24.6 Å². The number of carbonyl (C=O) groups is 1. The highest BCUT2D eigenvalue weighted by molar-refractivity contribution is 9.09. The molecule has 0 radical (unpaired) electrons. The Morgan fingerprint density at radius 2 is 2.43 bits per heavy atom. The molecule has 0 aromatic rings. The molecule has 0 N–H and O–H groups in total. The summed E-state index contributed by atoms with van der Waals surface area (Å²) in [6.07, 6.45) is 5.20. The van der Waals surface area contributed by atoms with Crippen LogP contribution in [0, 0.1) is 11.8 Å². The van der Waals surface area contributed by atoms with E-state index in [-0.39, 0.29) is 18.0 Å². The molecule has 1 fully saturated rings. The summed E-state index contributed by atoms with van der Waals surface area (Å²) >= 11 is 3.41. The van der Waals surface area contributed by atoms with Gasteiger partial charge in [-0.1, -0.05) is 22.0 Å². The molecule has 14 heavy (non-hydrogen) atoms. The van der Waals surface area contributed by atoms with Gasteiger partial charge in [-0.3, -0.25) is 4.79 Å². The molecule has 0 aromatic carbocycles. The molecule has 0 aliphatic carbocycles. The van der Waals surface area contributed by atoms with Crippen molar-refractivity contribution in [1.29, 1.82) is 0 Å². The van der Waals surface area contributed by atoms with Crippen LogP contribution in [0.15, 0.2) is 12.7 Å². The third-order valence-corrected chi connectivity index (χ3v) is 3.32. The Labute approximate surface area is 93.8 Å². The maximum atomic E-state index is 11.0. The summed E-state index contributed by atoms with van der Waals surface area (Å²) in [5.41, 5.74) is 0.